The predicted molar refractivity (Wildman–Crippen MR) is 155 cm³/mol. The molecule has 0 spiro atoms. The number of H-pyrrole nitrogens is 1. The van der Waals surface area contributed by atoms with E-state index in [0.717, 1.165) is 27.8 Å². The number of aliphatic carboxylic acids is 1. The first-order valence-electron chi connectivity index (χ1n) is 13.0. The first kappa shape index (κ1) is 28.9. The zero-order valence-electron chi connectivity index (χ0n) is 22.6. The van der Waals surface area contributed by atoms with Gasteiger partial charge in [-0.2, -0.15) is 0 Å². The van der Waals surface area contributed by atoms with Crippen LogP contribution in [0.4, 0.5) is 10.1 Å². The van der Waals surface area contributed by atoms with Crippen molar-refractivity contribution in [3.8, 4) is 11.1 Å². The van der Waals surface area contributed by atoms with Crippen LogP contribution in [0.1, 0.15) is 53.0 Å². The van der Waals surface area contributed by atoms with E-state index < -0.39 is 5.97 Å². The molecule has 3 aromatic carbocycles. The van der Waals surface area contributed by atoms with E-state index in [2.05, 4.69) is 15.5 Å². The molecule has 210 valence electrons. The Morgan fingerprint density at radius 1 is 0.927 bits per heavy atom. The number of carbonyl (C=O) groups excluding carboxylic acids is 1. The fourth-order valence-corrected chi connectivity index (χ4v) is 4.71. The van der Waals surface area contributed by atoms with Gasteiger partial charge in [-0.3, -0.25) is 14.4 Å². The largest absolute Gasteiger partial charge is 0.481 e. The minimum Gasteiger partial charge on any atom is -0.481 e. The Balaban J connectivity index is 1.60. The quantitative estimate of drug-likeness (QED) is 0.108. The van der Waals surface area contributed by atoms with Crippen LogP contribution in [-0.4, -0.2) is 32.9 Å². The maximum absolute atomic E-state index is 14.0. The number of oxime groups is 1. The molecular weight excluding hydrogens is 525 g/mol. The van der Waals surface area contributed by atoms with E-state index >= 15 is 0 Å². The number of nitrogens with one attached hydrogen (secondary N) is 2. The molecule has 0 aliphatic heterocycles. The average molecular weight is 556 g/mol. The maximum Gasteiger partial charge on any atom is 0.303 e. The molecule has 0 radical (unpaired) electrons. The number of aromatic amines is 1. The Morgan fingerprint density at radius 3 is 2.17 bits per heavy atom. The molecule has 0 aliphatic rings. The Morgan fingerprint density at radius 2 is 1.59 bits per heavy atom. The topological polar surface area (TPSA) is 132 Å². The second kappa shape index (κ2) is 12.9. The van der Waals surface area contributed by atoms with Gasteiger partial charge in [0.05, 0.1) is 12.1 Å². The Hall–Kier alpha value is -5.05. The number of carbonyl (C=O) groups is 2. The van der Waals surface area contributed by atoms with Crippen LogP contribution in [0.2, 0.25) is 0 Å². The number of rotatable bonds is 10. The van der Waals surface area contributed by atoms with Gasteiger partial charge < -0.3 is 20.6 Å². The van der Waals surface area contributed by atoms with Gasteiger partial charge in [0.25, 0.3) is 5.56 Å². The summed E-state index contributed by atoms with van der Waals surface area (Å²) in [5, 5.41) is 24.9. The van der Waals surface area contributed by atoms with Gasteiger partial charge in [-0.15, -0.1) is 0 Å². The number of benzene rings is 3. The Labute approximate surface area is 236 Å². The third kappa shape index (κ3) is 7.33. The van der Waals surface area contributed by atoms with Crippen molar-refractivity contribution in [3.63, 3.8) is 0 Å². The molecule has 0 saturated heterocycles. The second-order valence-corrected chi connectivity index (χ2v) is 9.85. The number of aromatic nitrogens is 1. The lowest BCUT2D eigenvalue weighted by Gasteiger charge is -2.21. The highest BCUT2D eigenvalue weighted by Gasteiger charge is 2.21. The number of pyridine rings is 1. The van der Waals surface area contributed by atoms with Gasteiger partial charge in [0.15, 0.2) is 0 Å². The molecule has 0 fully saturated rings. The predicted octanol–water partition coefficient (Wildman–Crippen LogP) is 6.00. The molecule has 1 unspecified atom stereocenters. The summed E-state index contributed by atoms with van der Waals surface area (Å²) >= 11 is 0. The molecule has 8 nitrogen and oxygen atoms in total. The van der Waals surface area contributed by atoms with Gasteiger partial charge in [-0.05, 0) is 72.0 Å². The number of nitrogens with zero attached hydrogens (tertiary/aromatic N) is 1. The van der Waals surface area contributed by atoms with Crippen LogP contribution >= 0.6 is 0 Å². The third-order valence-electron chi connectivity index (χ3n) is 6.93. The van der Waals surface area contributed by atoms with Gasteiger partial charge in [0, 0.05) is 41.8 Å². The van der Waals surface area contributed by atoms with Crippen LogP contribution in [0.5, 0.6) is 0 Å². The number of carboxylic acid groups (broad SMARTS) is 1. The summed E-state index contributed by atoms with van der Waals surface area (Å²) in [5.41, 5.74) is 6.21. The van der Waals surface area contributed by atoms with E-state index in [1.165, 1.54) is 18.3 Å². The van der Waals surface area contributed by atoms with Gasteiger partial charge in [0.1, 0.15) is 5.82 Å². The molecule has 41 heavy (non-hydrogen) atoms. The molecule has 0 saturated carbocycles. The van der Waals surface area contributed by atoms with Crippen molar-refractivity contribution in [2.45, 2.75) is 39.0 Å². The number of hydrogen-bond donors (Lipinski definition) is 4. The lowest BCUT2D eigenvalue weighted by molar-refractivity contribution is -0.138. The van der Waals surface area contributed by atoms with E-state index in [4.69, 9.17) is 5.11 Å². The molecule has 1 atom stereocenters. The first-order valence-corrected chi connectivity index (χ1v) is 13.0. The van der Waals surface area contributed by atoms with Gasteiger partial charge in [-0.25, -0.2) is 4.39 Å². The maximum atomic E-state index is 14.0. The highest BCUT2D eigenvalue weighted by Crippen LogP contribution is 2.34. The fraction of sp³-hybridized carbons (Fsp3) is 0.188. The monoisotopic (exact) mass is 555 g/mol. The van der Waals surface area contributed by atoms with E-state index in [-0.39, 0.29) is 36.0 Å². The van der Waals surface area contributed by atoms with Crippen molar-refractivity contribution >= 4 is 23.3 Å². The minimum atomic E-state index is -1.03. The lowest BCUT2D eigenvalue weighted by atomic mass is 9.83. The van der Waals surface area contributed by atoms with Crippen LogP contribution in [0.15, 0.2) is 88.9 Å². The number of carboxylic acids is 1. The summed E-state index contributed by atoms with van der Waals surface area (Å²) in [6.07, 6.45) is 1.48. The molecule has 1 heterocycles. The van der Waals surface area contributed by atoms with E-state index in [1.54, 1.807) is 31.2 Å². The second-order valence-electron chi connectivity index (χ2n) is 9.85. The van der Waals surface area contributed by atoms with Crippen LogP contribution in [0.25, 0.3) is 11.1 Å². The number of amides is 1. The molecule has 0 aliphatic carbocycles. The molecule has 4 rings (SSSR count). The normalized spacial score (nSPS) is 12.1. The van der Waals surface area contributed by atoms with E-state index in [0.29, 0.717) is 28.9 Å². The minimum absolute atomic E-state index is 0.0994. The number of halogens is 1. The molecule has 1 aromatic heterocycles. The average Bonchev–Trinajstić information content (AvgIpc) is 2.95. The molecular formula is C32H30FN3O5. The van der Waals surface area contributed by atoms with Crippen molar-refractivity contribution < 1.29 is 24.3 Å². The number of hydrogen-bond acceptors (Lipinski definition) is 5. The smallest absolute Gasteiger partial charge is 0.303 e. The van der Waals surface area contributed by atoms with Crippen LogP contribution in [0, 0.1) is 19.7 Å². The highest BCUT2D eigenvalue weighted by molar-refractivity contribution is 6.00. The molecule has 9 heteroatoms. The number of anilines is 1. The summed E-state index contributed by atoms with van der Waals surface area (Å²) in [7, 11) is 0. The summed E-state index contributed by atoms with van der Waals surface area (Å²) in [4.78, 5) is 37.1. The van der Waals surface area contributed by atoms with Crippen LogP contribution in [0.3, 0.4) is 0 Å². The van der Waals surface area contributed by atoms with Crippen molar-refractivity contribution in [3.05, 3.63) is 123 Å². The van der Waals surface area contributed by atoms with Gasteiger partial charge >= 0.3 is 5.97 Å². The summed E-state index contributed by atoms with van der Waals surface area (Å²) in [6.45, 7) is 3.51. The molecule has 4 N–H and O–H groups in total. The van der Waals surface area contributed by atoms with Crippen LogP contribution < -0.4 is 10.9 Å². The standard InChI is InChI=1S/C32H30FN3O5/c1-19-16-25(33)9-12-27(19)28(17-29(36-41)24-15-20(2)32(40)34-18-24)23-5-3-21(4-6-23)22-7-10-26(11-8-22)35-30(37)13-14-31(38)39/h3-12,15-16,18,28,41H,13-14,17H2,1-2H3,(H,34,40)(H,35,37)(H,38,39)/b36-29+. The zero-order chi connectivity index (χ0) is 29.5. The van der Waals surface area contributed by atoms with Gasteiger partial charge in [-0.1, -0.05) is 47.6 Å². The Kier molecular flexibility index (Phi) is 9.08. The van der Waals surface area contributed by atoms with Crippen molar-refractivity contribution in [2.75, 3.05) is 5.32 Å². The zero-order valence-corrected chi connectivity index (χ0v) is 22.6. The number of aryl methyl sites for hydroxylation is 2. The fourth-order valence-electron chi connectivity index (χ4n) is 4.71. The Bertz CT molecular complexity index is 1640. The van der Waals surface area contributed by atoms with E-state index in [9.17, 15) is 24.0 Å². The molecule has 1 amide bonds. The third-order valence-corrected chi connectivity index (χ3v) is 6.93. The molecule has 0 bridgehead atoms. The summed E-state index contributed by atoms with van der Waals surface area (Å²) in [6, 6.07) is 21.4. The van der Waals surface area contributed by atoms with Gasteiger partial charge in [0.2, 0.25) is 5.91 Å². The first-order chi connectivity index (χ1) is 19.6. The van der Waals surface area contributed by atoms with Crippen molar-refractivity contribution in [2.24, 2.45) is 5.16 Å². The SMILES string of the molecule is Cc1cc(F)ccc1C(C/C(=N\O)c1c[nH]c(=O)c(C)c1)c1ccc(-c2ccc(NC(=O)CCC(=O)O)cc2)cc1. The van der Waals surface area contributed by atoms with Crippen molar-refractivity contribution in [1.29, 1.82) is 0 Å². The van der Waals surface area contributed by atoms with Crippen LogP contribution in [-0.2, 0) is 9.59 Å². The van der Waals surface area contributed by atoms with E-state index in [1.807, 2.05) is 43.3 Å². The molecule has 4 aromatic rings. The summed E-state index contributed by atoms with van der Waals surface area (Å²) < 4.78 is 14.0. The lowest BCUT2D eigenvalue weighted by Crippen LogP contribution is -2.15. The summed E-state index contributed by atoms with van der Waals surface area (Å²) in [5.74, 6) is -2.00. The highest BCUT2D eigenvalue weighted by atomic mass is 19.1. The van der Waals surface area contributed by atoms with Crippen molar-refractivity contribution in [1.82, 2.24) is 4.98 Å².